The number of benzene rings is 3. The van der Waals surface area contributed by atoms with E-state index in [2.05, 4.69) is 10.6 Å². The van der Waals surface area contributed by atoms with Crippen molar-refractivity contribution in [1.82, 2.24) is 5.32 Å². The van der Waals surface area contributed by atoms with E-state index in [9.17, 15) is 4.79 Å². The highest BCUT2D eigenvalue weighted by molar-refractivity contribution is 7.80. The average Bonchev–Trinajstić information content (AvgIpc) is 2.83. The number of nitrogens with one attached hydrogen (secondary N) is 2. The molecule has 0 spiro atoms. The molecule has 2 aliphatic heterocycles. The van der Waals surface area contributed by atoms with Crippen LogP contribution in [0.3, 0.4) is 0 Å². The van der Waals surface area contributed by atoms with Gasteiger partial charge in [0, 0.05) is 16.9 Å². The fourth-order valence-electron chi connectivity index (χ4n) is 4.98. The minimum Gasteiger partial charge on any atom is -0.497 e. The molecule has 0 saturated carbocycles. The van der Waals surface area contributed by atoms with Gasteiger partial charge >= 0.3 is 0 Å². The number of nitrogens with zero attached hydrogens (tertiary/aromatic N) is 1. The lowest BCUT2D eigenvalue weighted by Crippen LogP contribution is -2.72. The number of ether oxygens (including phenoxy) is 3. The number of carbonyl (C=O) groups excluding carboxylic acids is 1. The lowest BCUT2D eigenvalue weighted by Gasteiger charge is -2.56. The van der Waals surface area contributed by atoms with Gasteiger partial charge in [0.2, 0.25) is 5.91 Å². The zero-order valence-electron chi connectivity index (χ0n) is 20.0. The summed E-state index contributed by atoms with van der Waals surface area (Å²) < 4.78 is 17.5. The quantitative estimate of drug-likeness (QED) is 0.498. The molecule has 0 aromatic heterocycles. The van der Waals surface area contributed by atoms with Crippen molar-refractivity contribution in [3.05, 3.63) is 77.9 Å². The number of hydrogen-bond donors (Lipinski definition) is 2. The van der Waals surface area contributed by atoms with Crippen molar-refractivity contribution in [2.24, 2.45) is 5.92 Å². The maximum Gasteiger partial charge on any atom is 0.236 e. The van der Waals surface area contributed by atoms with Crippen LogP contribution in [0, 0.1) is 12.8 Å². The summed E-state index contributed by atoms with van der Waals surface area (Å²) in [7, 11) is 3.21. The Morgan fingerprint density at radius 3 is 2.51 bits per heavy atom. The predicted molar refractivity (Wildman–Crippen MR) is 139 cm³/mol. The molecule has 0 aliphatic carbocycles. The van der Waals surface area contributed by atoms with Gasteiger partial charge in [0.05, 0.1) is 20.3 Å². The van der Waals surface area contributed by atoms with Crippen LogP contribution in [0.1, 0.15) is 24.1 Å². The summed E-state index contributed by atoms with van der Waals surface area (Å²) in [6.07, 6.45) is 0. The average molecular weight is 490 g/mol. The van der Waals surface area contributed by atoms with Crippen LogP contribution in [-0.2, 0) is 4.79 Å². The monoisotopic (exact) mass is 489 g/mol. The molecule has 1 fully saturated rings. The van der Waals surface area contributed by atoms with Crippen molar-refractivity contribution in [3.63, 3.8) is 0 Å². The Kier molecular flexibility index (Phi) is 5.76. The Balaban J connectivity index is 1.62. The first-order valence-corrected chi connectivity index (χ1v) is 11.7. The van der Waals surface area contributed by atoms with E-state index in [1.165, 1.54) is 0 Å². The Labute approximate surface area is 210 Å². The number of carbonyl (C=O) groups is 1. The van der Waals surface area contributed by atoms with Gasteiger partial charge in [-0.25, -0.2) is 0 Å². The number of aryl methyl sites for hydroxylation is 1. The number of para-hydroxylation sites is 1. The van der Waals surface area contributed by atoms with Crippen molar-refractivity contribution < 1.29 is 19.0 Å². The smallest absolute Gasteiger partial charge is 0.236 e. The van der Waals surface area contributed by atoms with Crippen molar-refractivity contribution in [2.45, 2.75) is 25.6 Å². The van der Waals surface area contributed by atoms with E-state index in [0.29, 0.717) is 28.0 Å². The topological polar surface area (TPSA) is 72.1 Å². The molecule has 1 saturated heterocycles. The molecule has 5 rings (SSSR count). The lowest BCUT2D eigenvalue weighted by molar-refractivity contribution is -0.130. The van der Waals surface area contributed by atoms with Gasteiger partial charge in [0.25, 0.3) is 0 Å². The molecule has 2 N–H and O–H groups in total. The number of methoxy groups -OCH3 is 2. The number of amides is 1. The van der Waals surface area contributed by atoms with Crippen LogP contribution in [0.2, 0.25) is 0 Å². The third-order valence-electron chi connectivity index (χ3n) is 6.61. The highest BCUT2D eigenvalue weighted by Crippen LogP contribution is 2.52. The Bertz CT molecular complexity index is 1300. The lowest BCUT2D eigenvalue weighted by atomic mass is 9.78. The van der Waals surface area contributed by atoms with Crippen LogP contribution in [0.25, 0.3) is 0 Å². The second-order valence-corrected chi connectivity index (χ2v) is 9.22. The van der Waals surface area contributed by atoms with Crippen molar-refractivity contribution in [1.29, 1.82) is 0 Å². The Morgan fingerprint density at radius 1 is 1.09 bits per heavy atom. The second kappa shape index (κ2) is 8.78. The van der Waals surface area contributed by atoms with Gasteiger partial charge in [-0.05, 0) is 74.1 Å². The zero-order chi connectivity index (χ0) is 24.7. The van der Waals surface area contributed by atoms with Gasteiger partial charge in [-0.1, -0.05) is 24.3 Å². The van der Waals surface area contributed by atoms with Crippen LogP contribution in [-0.4, -0.2) is 31.0 Å². The van der Waals surface area contributed by atoms with Crippen molar-refractivity contribution in [3.8, 4) is 17.2 Å². The standard InChI is InChI=1S/C27H27N3O4S/c1-16-7-5-8-18(15-16)30-26(35)29-23-20-9-6-10-21(33-4)24(20)34-27(30,2)22(23)25(31)28-17-11-13-19(32-3)14-12-17/h5-15,22-23H,1-4H3,(H,28,31)(H,29,35). The maximum absolute atomic E-state index is 13.9. The third kappa shape index (κ3) is 3.83. The second-order valence-electron chi connectivity index (χ2n) is 8.83. The Morgan fingerprint density at radius 2 is 1.83 bits per heavy atom. The van der Waals surface area contributed by atoms with Gasteiger partial charge in [-0.15, -0.1) is 0 Å². The Hall–Kier alpha value is -3.78. The maximum atomic E-state index is 13.9. The van der Waals surface area contributed by atoms with Gasteiger partial charge in [-0.3, -0.25) is 9.69 Å². The number of hydrogen-bond acceptors (Lipinski definition) is 5. The summed E-state index contributed by atoms with van der Waals surface area (Å²) in [6, 6.07) is 20.5. The molecule has 2 aliphatic rings. The van der Waals surface area contributed by atoms with Crippen molar-refractivity contribution in [2.75, 3.05) is 24.4 Å². The summed E-state index contributed by atoms with van der Waals surface area (Å²) in [5.74, 6) is 1.09. The van der Waals surface area contributed by atoms with E-state index in [1.54, 1.807) is 14.2 Å². The van der Waals surface area contributed by atoms with E-state index in [1.807, 2.05) is 85.5 Å². The molecular formula is C27H27N3O4S. The largest absolute Gasteiger partial charge is 0.497 e. The van der Waals surface area contributed by atoms with Crippen LogP contribution in [0.4, 0.5) is 11.4 Å². The van der Waals surface area contributed by atoms with Gasteiger partial charge in [0.1, 0.15) is 11.7 Å². The molecule has 2 bridgehead atoms. The molecule has 0 radical (unpaired) electrons. The van der Waals surface area contributed by atoms with E-state index >= 15 is 0 Å². The molecule has 3 unspecified atom stereocenters. The minimum atomic E-state index is -1.13. The van der Waals surface area contributed by atoms with Gasteiger partial charge < -0.3 is 24.8 Å². The first-order valence-electron chi connectivity index (χ1n) is 11.3. The number of rotatable bonds is 5. The summed E-state index contributed by atoms with van der Waals surface area (Å²) in [5, 5.41) is 6.97. The molecule has 2 heterocycles. The number of anilines is 2. The van der Waals surface area contributed by atoms with Gasteiger partial charge in [0.15, 0.2) is 22.3 Å². The fourth-order valence-corrected chi connectivity index (χ4v) is 5.39. The van der Waals surface area contributed by atoms with Crippen LogP contribution in [0.15, 0.2) is 66.7 Å². The van der Waals surface area contributed by atoms with Crippen LogP contribution in [0.5, 0.6) is 17.2 Å². The third-order valence-corrected chi connectivity index (χ3v) is 6.91. The normalized spacial score (nSPS) is 22.4. The summed E-state index contributed by atoms with van der Waals surface area (Å²) in [6.45, 7) is 3.92. The molecule has 180 valence electrons. The van der Waals surface area contributed by atoms with E-state index < -0.39 is 17.7 Å². The molecule has 7 nitrogen and oxygen atoms in total. The predicted octanol–water partition coefficient (Wildman–Crippen LogP) is 4.81. The zero-order valence-corrected chi connectivity index (χ0v) is 20.8. The summed E-state index contributed by atoms with van der Waals surface area (Å²) >= 11 is 5.82. The minimum absolute atomic E-state index is 0.191. The summed E-state index contributed by atoms with van der Waals surface area (Å²) in [5.41, 5.74) is 2.27. The molecule has 3 aromatic rings. The fraction of sp³-hybridized carbons (Fsp3) is 0.259. The summed E-state index contributed by atoms with van der Waals surface area (Å²) in [4.78, 5) is 15.8. The number of fused-ring (bicyclic) bond motifs is 4. The molecule has 35 heavy (non-hydrogen) atoms. The first kappa shape index (κ1) is 23.0. The van der Waals surface area contributed by atoms with Crippen LogP contribution < -0.4 is 29.7 Å². The van der Waals surface area contributed by atoms with Crippen LogP contribution >= 0.6 is 12.2 Å². The van der Waals surface area contributed by atoms with Gasteiger partial charge in [-0.2, -0.15) is 0 Å². The van der Waals surface area contributed by atoms with E-state index in [4.69, 9.17) is 26.4 Å². The van der Waals surface area contributed by atoms with E-state index in [0.717, 1.165) is 16.8 Å². The molecular weight excluding hydrogens is 462 g/mol. The molecule has 8 heteroatoms. The molecule has 1 amide bonds. The van der Waals surface area contributed by atoms with E-state index in [-0.39, 0.29) is 5.91 Å². The number of thiocarbonyl (C=S) groups is 1. The molecule has 3 atom stereocenters. The first-order chi connectivity index (χ1) is 16.9. The SMILES string of the molecule is COc1ccc(NC(=O)C2C3NC(=S)N(c4cccc(C)c4)C2(C)Oc2c(OC)cccc23)cc1. The highest BCUT2D eigenvalue weighted by Gasteiger charge is 2.59. The molecule has 3 aromatic carbocycles. The highest BCUT2D eigenvalue weighted by atomic mass is 32.1. The van der Waals surface area contributed by atoms with Crippen molar-refractivity contribution >= 4 is 34.6 Å².